The van der Waals surface area contributed by atoms with E-state index in [1.807, 2.05) is 6.07 Å². The Hall–Kier alpha value is -3.00. The van der Waals surface area contributed by atoms with Crippen LogP contribution in [0.15, 0.2) is 42.5 Å². The van der Waals surface area contributed by atoms with Crippen molar-refractivity contribution in [2.24, 2.45) is 0 Å². The fourth-order valence-corrected chi connectivity index (χ4v) is 3.41. The molecule has 0 aromatic heterocycles. The number of nitro benzene ring substituents is 1. The number of hydrogen-bond donors (Lipinski definition) is 0. The molecule has 0 unspecified atom stereocenters. The first-order valence-electron chi connectivity index (χ1n) is 9.07. The quantitative estimate of drug-likeness (QED) is 0.445. The third kappa shape index (κ3) is 4.45. The molecule has 1 fully saturated rings. The summed E-state index contributed by atoms with van der Waals surface area (Å²) in [7, 11) is 1.20. The molecule has 0 amide bonds. The molecule has 2 aromatic rings. The molecule has 8 heteroatoms. The molecule has 0 N–H and O–H groups in total. The maximum atomic E-state index is 13.9. The van der Waals surface area contributed by atoms with Gasteiger partial charge in [-0.25, -0.2) is 9.18 Å². The lowest BCUT2D eigenvalue weighted by atomic mass is 10.1. The zero-order chi connectivity index (χ0) is 20.1. The molecule has 28 heavy (non-hydrogen) atoms. The number of carbonyl (C=O) groups is 1. The van der Waals surface area contributed by atoms with E-state index >= 15 is 0 Å². The van der Waals surface area contributed by atoms with E-state index in [1.165, 1.54) is 25.3 Å². The van der Waals surface area contributed by atoms with Crippen molar-refractivity contribution in [3.05, 3.63) is 69.5 Å². The number of halogens is 1. The molecule has 1 aliphatic rings. The molecular weight excluding hydrogens is 365 g/mol. The number of hydrogen-bond acceptors (Lipinski definition) is 6. The van der Waals surface area contributed by atoms with Gasteiger partial charge in [0.05, 0.1) is 12.0 Å². The van der Waals surface area contributed by atoms with Gasteiger partial charge in [0.25, 0.3) is 5.69 Å². The molecule has 1 saturated heterocycles. The molecule has 0 saturated carbocycles. The van der Waals surface area contributed by atoms with Crippen LogP contribution >= 0.6 is 0 Å². The van der Waals surface area contributed by atoms with E-state index in [2.05, 4.69) is 14.5 Å². The SMILES string of the molecule is COC(=O)c1cc(N2CCCN(Cc3ccccc3F)CC2)ccc1[N+](=O)[O-]. The summed E-state index contributed by atoms with van der Waals surface area (Å²) in [5.41, 5.74) is 1.07. The highest BCUT2D eigenvalue weighted by molar-refractivity contribution is 5.95. The second-order valence-corrected chi connectivity index (χ2v) is 6.66. The zero-order valence-electron chi connectivity index (χ0n) is 15.6. The number of esters is 1. The summed E-state index contributed by atoms with van der Waals surface area (Å²) in [6.45, 7) is 3.49. The lowest BCUT2D eigenvalue weighted by molar-refractivity contribution is -0.385. The van der Waals surface area contributed by atoms with Gasteiger partial charge in [-0.3, -0.25) is 15.0 Å². The fraction of sp³-hybridized carbons (Fsp3) is 0.350. The van der Waals surface area contributed by atoms with Gasteiger partial charge in [0.2, 0.25) is 0 Å². The van der Waals surface area contributed by atoms with Gasteiger partial charge < -0.3 is 9.64 Å². The van der Waals surface area contributed by atoms with E-state index in [0.717, 1.165) is 31.7 Å². The summed E-state index contributed by atoms with van der Waals surface area (Å²) in [6.07, 6.45) is 0.860. The number of carbonyl (C=O) groups excluding carboxylic acids is 1. The average molecular weight is 387 g/mol. The van der Waals surface area contributed by atoms with Crippen molar-refractivity contribution in [3.8, 4) is 0 Å². The van der Waals surface area contributed by atoms with Gasteiger partial charge in [0.1, 0.15) is 11.4 Å². The first-order valence-corrected chi connectivity index (χ1v) is 9.07. The first-order chi connectivity index (χ1) is 13.5. The van der Waals surface area contributed by atoms with Crippen molar-refractivity contribution in [1.82, 2.24) is 4.90 Å². The Morgan fingerprint density at radius 2 is 1.96 bits per heavy atom. The highest BCUT2D eigenvalue weighted by Gasteiger charge is 2.24. The lowest BCUT2D eigenvalue weighted by Gasteiger charge is -2.24. The second kappa shape index (κ2) is 8.79. The van der Waals surface area contributed by atoms with E-state index in [0.29, 0.717) is 18.7 Å². The van der Waals surface area contributed by atoms with Crippen LogP contribution < -0.4 is 4.90 Å². The van der Waals surface area contributed by atoms with Gasteiger partial charge in [0.15, 0.2) is 0 Å². The Labute approximate surface area is 162 Å². The minimum absolute atomic E-state index is 0.0579. The van der Waals surface area contributed by atoms with Crippen LogP contribution in [0.5, 0.6) is 0 Å². The van der Waals surface area contributed by atoms with Crippen molar-refractivity contribution < 1.29 is 18.8 Å². The smallest absolute Gasteiger partial charge is 0.344 e. The number of methoxy groups -OCH3 is 1. The van der Waals surface area contributed by atoms with Crippen molar-refractivity contribution in [3.63, 3.8) is 0 Å². The Balaban J connectivity index is 1.74. The molecule has 0 radical (unpaired) electrons. The first kappa shape index (κ1) is 19.8. The standard InChI is InChI=1S/C20H22FN3O4/c1-28-20(25)17-13-16(7-8-19(17)24(26)27)23-10-4-9-22(11-12-23)14-15-5-2-3-6-18(15)21/h2-3,5-8,13H,4,9-12,14H2,1H3. The predicted octanol–water partition coefficient (Wildman–Crippen LogP) is 3.23. The van der Waals surface area contributed by atoms with Crippen LogP contribution in [0.3, 0.4) is 0 Å². The van der Waals surface area contributed by atoms with Gasteiger partial charge in [-0.15, -0.1) is 0 Å². The number of anilines is 1. The van der Waals surface area contributed by atoms with Gasteiger partial charge in [-0.1, -0.05) is 18.2 Å². The van der Waals surface area contributed by atoms with Crippen molar-refractivity contribution >= 4 is 17.3 Å². The van der Waals surface area contributed by atoms with Crippen LogP contribution in [0.4, 0.5) is 15.8 Å². The van der Waals surface area contributed by atoms with Crippen LogP contribution in [-0.2, 0) is 11.3 Å². The molecule has 0 spiro atoms. The number of nitro groups is 1. The van der Waals surface area contributed by atoms with Gasteiger partial charge in [0, 0.05) is 50.0 Å². The Bertz CT molecular complexity index is 874. The summed E-state index contributed by atoms with van der Waals surface area (Å²) in [5.74, 6) is -0.939. The highest BCUT2D eigenvalue weighted by atomic mass is 19.1. The molecule has 0 aliphatic carbocycles. The third-order valence-electron chi connectivity index (χ3n) is 4.89. The van der Waals surface area contributed by atoms with E-state index < -0.39 is 10.9 Å². The number of nitrogens with zero attached hydrogens (tertiary/aromatic N) is 3. The molecule has 1 aliphatic heterocycles. The molecule has 3 rings (SSSR count). The van der Waals surface area contributed by atoms with Crippen LogP contribution in [0.25, 0.3) is 0 Å². The zero-order valence-corrected chi connectivity index (χ0v) is 15.6. The van der Waals surface area contributed by atoms with E-state index in [1.54, 1.807) is 18.2 Å². The van der Waals surface area contributed by atoms with E-state index in [9.17, 15) is 19.3 Å². The minimum Gasteiger partial charge on any atom is -0.465 e. The van der Waals surface area contributed by atoms with Crippen molar-refractivity contribution in [2.75, 3.05) is 38.2 Å². The number of ether oxygens (including phenoxy) is 1. The summed E-state index contributed by atoms with van der Waals surface area (Å²) < 4.78 is 18.6. The van der Waals surface area contributed by atoms with Crippen LogP contribution in [0.1, 0.15) is 22.3 Å². The highest BCUT2D eigenvalue weighted by Crippen LogP contribution is 2.26. The summed E-state index contributed by atoms with van der Waals surface area (Å²) in [6, 6.07) is 11.3. The van der Waals surface area contributed by atoms with Crippen molar-refractivity contribution in [2.45, 2.75) is 13.0 Å². The van der Waals surface area contributed by atoms with Crippen molar-refractivity contribution in [1.29, 1.82) is 0 Å². The van der Waals surface area contributed by atoms with Gasteiger partial charge in [-0.2, -0.15) is 0 Å². The fourth-order valence-electron chi connectivity index (χ4n) is 3.41. The predicted molar refractivity (Wildman–Crippen MR) is 103 cm³/mol. The monoisotopic (exact) mass is 387 g/mol. The maximum absolute atomic E-state index is 13.9. The van der Waals surface area contributed by atoms with Crippen LogP contribution in [0, 0.1) is 15.9 Å². The van der Waals surface area contributed by atoms with E-state index in [-0.39, 0.29) is 17.1 Å². The summed E-state index contributed by atoms with van der Waals surface area (Å²) >= 11 is 0. The molecule has 2 aromatic carbocycles. The van der Waals surface area contributed by atoms with Gasteiger partial charge >= 0.3 is 5.97 Å². The Morgan fingerprint density at radius 3 is 2.68 bits per heavy atom. The Kier molecular flexibility index (Phi) is 6.20. The summed E-state index contributed by atoms with van der Waals surface area (Å²) in [5, 5.41) is 11.2. The van der Waals surface area contributed by atoms with Crippen LogP contribution in [-0.4, -0.2) is 49.1 Å². The number of rotatable bonds is 5. The normalized spacial score (nSPS) is 15.1. The topological polar surface area (TPSA) is 75.9 Å². The third-order valence-corrected chi connectivity index (χ3v) is 4.89. The average Bonchev–Trinajstić information content (AvgIpc) is 2.94. The van der Waals surface area contributed by atoms with E-state index in [4.69, 9.17) is 0 Å². The summed E-state index contributed by atoms with van der Waals surface area (Å²) in [4.78, 5) is 26.8. The molecule has 148 valence electrons. The molecule has 7 nitrogen and oxygen atoms in total. The molecule has 0 atom stereocenters. The largest absolute Gasteiger partial charge is 0.465 e. The maximum Gasteiger partial charge on any atom is 0.344 e. The molecule has 0 bridgehead atoms. The molecular formula is C20H22FN3O4. The van der Waals surface area contributed by atoms with Gasteiger partial charge in [-0.05, 0) is 24.6 Å². The Morgan fingerprint density at radius 1 is 1.18 bits per heavy atom. The minimum atomic E-state index is -0.732. The molecule has 1 heterocycles. The number of benzene rings is 2. The van der Waals surface area contributed by atoms with Crippen LogP contribution in [0.2, 0.25) is 0 Å². The second-order valence-electron chi connectivity index (χ2n) is 6.66. The lowest BCUT2D eigenvalue weighted by Crippen LogP contribution is -2.30.